The molecule has 0 fully saturated rings. The highest BCUT2D eigenvalue weighted by molar-refractivity contribution is 7.99. The molecule has 0 aromatic carbocycles. The molecule has 0 radical (unpaired) electrons. The molecule has 0 heterocycles. The van der Waals surface area contributed by atoms with E-state index < -0.39 is 0 Å². The van der Waals surface area contributed by atoms with Crippen LogP contribution in [0.5, 0.6) is 0 Å². The van der Waals surface area contributed by atoms with Gasteiger partial charge in [-0.25, -0.2) is 0 Å². The van der Waals surface area contributed by atoms with Crippen LogP contribution in [0.1, 0.15) is 19.3 Å². The van der Waals surface area contributed by atoms with Gasteiger partial charge < -0.3 is 4.74 Å². The molecule has 11 heavy (non-hydrogen) atoms. The van der Waals surface area contributed by atoms with Gasteiger partial charge >= 0.3 is 0 Å². The molecule has 0 saturated carbocycles. The van der Waals surface area contributed by atoms with Crippen LogP contribution in [0.3, 0.4) is 0 Å². The molecule has 0 aliphatic heterocycles. The van der Waals surface area contributed by atoms with Crippen molar-refractivity contribution in [1.82, 2.24) is 0 Å². The summed E-state index contributed by atoms with van der Waals surface area (Å²) in [6.45, 7) is 0.877. The van der Waals surface area contributed by atoms with E-state index in [0.717, 1.165) is 25.9 Å². The molecule has 1 nitrogen and oxygen atoms in total. The molecule has 0 aromatic rings. The number of hydrogen-bond donors (Lipinski definition) is 0. The lowest BCUT2D eigenvalue weighted by Crippen LogP contribution is -1.91. The van der Waals surface area contributed by atoms with Crippen molar-refractivity contribution in [1.29, 1.82) is 0 Å². The minimum Gasteiger partial charge on any atom is -0.385 e. The topological polar surface area (TPSA) is 9.23 Å². The van der Waals surface area contributed by atoms with Gasteiger partial charge in [-0.2, -0.15) is 11.8 Å². The second kappa shape index (κ2) is 9.87. The van der Waals surface area contributed by atoms with Crippen LogP contribution in [0.4, 0.5) is 0 Å². The maximum atomic E-state index is 5.11. The molecule has 0 aliphatic rings. The minimum atomic E-state index is 0.877. The number of terminal acetylenes is 1. The molecule has 0 amide bonds. The number of thioether (sulfide) groups is 1. The van der Waals surface area contributed by atoms with Crippen LogP contribution in [-0.4, -0.2) is 25.2 Å². The molecular weight excluding hydrogens is 156 g/mol. The normalized spacial score (nSPS) is 9.45. The van der Waals surface area contributed by atoms with Gasteiger partial charge in [-0.3, -0.25) is 0 Å². The lowest BCUT2D eigenvalue weighted by molar-refractivity contribution is 0.200. The maximum Gasteiger partial charge on any atom is 0.0470 e. The van der Waals surface area contributed by atoms with E-state index in [2.05, 4.69) is 5.92 Å². The summed E-state index contributed by atoms with van der Waals surface area (Å²) < 4.78 is 4.92. The molecule has 0 bridgehead atoms. The lowest BCUT2D eigenvalue weighted by Gasteiger charge is -1.98. The SMILES string of the molecule is C#CCCCSCCCOC. The van der Waals surface area contributed by atoms with E-state index in [1.165, 1.54) is 11.5 Å². The van der Waals surface area contributed by atoms with Crippen LogP contribution in [0.25, 0.3) is 0 Å². The summed E-state index contributed by atoms with van der Waals surface area (Å²) in [6, 6.07) is 0. The van der Waals surface area contributed by atoms with E-state index in [-0.39, 0.29) is 0 Å². The Kier molecular flexibility index (Phi) is 9.75. The fourth-order valence-corrected chi connectivity index (χ4v) is 1.56. The summed E-state index contributed by atoms with van der Waals surface area (Å²) in [5, 5.41) is 0. The van der Waals surface area contributed by atoms with E-state index >= 15 is 0 Å². The second-order valence-corrected chi connectivity index (χ2v) is 3.49. The van der Waals surface area contributed by atoms with Gasteiger partial charge in [0, 0.05) is 20.1 Å². The first kappa shape index (κ1) is 10.9. The summed E-state index contributed by atoms with van der Waals surface area (Å²) in [5.74, 6) is 5.01. The fraction of sp³-hybridized carbons (Fsp3) is 0.778. The third-order valence-corrected chi connectivity index (χ3v) is 2.40. The lowest BCUT2D eigenvalue weighted by atomic mass is 10.4. The van der Waals surface area contributed by atoms with Gasteiger partial charge in [0.05, 0.1) is 0 Å². The molecule has 0 spiro atoms. The average Bonchev–Trinajstić information content (AvgIpc) is 2.03. The summed E-state index contributed by atoms with van der Waals surface area (Å²) >= 11 is 1.96. The highest BCUT2D eigenvalue weighted by Gasteiger charge is 1.88. The Hall–Kier alpha value is -0.130. The smallest absolute Gasteiger partial charge is 0.0470 e. The first-order valence-electron chi connectivity index (χ1n) is 3.92. The van der Waals surface area contributed by atoms with Crippen molar-refractivity contribution in [3.63, 3.8) is 0 Å². The summed E-state index contributed by atoms with van der Waals surface area (Å²) in [4.78, 5) is 0. The van der Waals surface area contributed by atoms with E-state index in [0.29, 0.717) is 0 Å². The molecule has 0 aromatic heterocycles. The summed E-state index contributed by atoms with van der Waals surface area (Å²) in [5.41, 5.74) is 0. The zero-order valence-corrected chi connectivity index (χ0v) is 7.95. The third-order valence-electron chi connectivity index (χ3n) is 1.25. The van der Waals surface area contributed by atoms with E-state index in [9.17, 15) is 0 Å². The van der Waals surface area contributed by atoms with E-state index in [1.54, 1.807) is 7.11 Å². The van der Waals surface area contributed by atoms with Crippen LogP contribution in [-0.2, 0) is 4.74 Å². The molecule has 0 saturated heterocycles. The van der Waals surface area contributed by atoms with Crippen LogP contribution in [0.2, 0.25) is 0 Å². The highest BCUT2D eigenvalue weighted by Crippen LogP contribution is 2.05. The van der Waals surface area contributed by atoms with E-state index in [1.807, 2.05) is 11.8 Å². The predicted octanol–water partition coefficient (Wildman–Crippen LogP) is 2.17. The number of rotatable bonds is 7. The van der Waals surface area contributed by atoms with Crippen molar-refractivity contribution in [3.8, 4) is 12.3 Å². The maximum absolute atomic E-state index is 5.11. The quantitative estimate of drug-likeness (QED) is 0.430. The first-order chi connectivity index (χ1) is 5.41. The molecule has 2 heteroatoms. The van der Waals surface area contributed by atoms with E-state index in [4.69, 9.17) is 11.2 Å². The third kappa shape index (κ3) is 9.87. The number of unbranched alkanes of at least 4 members (excludes halogenated alkanes) is 1. The predicted molar refractivity (Wildman–Crippen MR) is 51.9 cm³/mol. The van der Waals surface area contributed by atoms with Crippen LogP contribution in [0.15, 0.2) is 0 Å². The second-order valence-electron chi connectivity index (χ2n) is 2.27. The Morgan fingerprint density at radius 3 is 2.73 bits per heavy atom. The number of ether oxygens (including phenoxy) is 1. The summed E-state index contributed by atoms with van der Waals surface area (Å²) in [7, 11) is 1.74. The molecule has 0 N–H and O–H groups in total. The van der Waals surface area contributed by atoms with Crippen molar-refractivity contribution in [3.05, 3.63) is 0 Å². The Morgan fingerprint density at radius 2 is 2.09 bits per heavy atom. The Morgan fingerprint density at radius 1 is 1.36 bits per heavy atom. The fourth-order valence-electron chi connectivity index (χ4n) is 0.684. The zero-order valence-electron chi connectivity index (χ0n) is 7.14. The monoisotopic (exact) mass is 172 g/mol. The summed E-state index contributed by atoms with van der Waals surface area (Å²) in [6.07, 6.45) is 8.32. The van der Waals surface area contributed by atoms with Gasteiger partial charge in [0.15, 0.2) is 0 Å². The van der Waals surface area contributed by atoms with Gasteiger partial charge in [-0.15, -0.1) is 12.3 Å². The van der Waals surface area contributed by atoms with Crippen LogP contribution < -0.4 is 0 Å². The van der Waals surface area contributed by atoms with Crippen molar-refractivity contribution in [2.24, 2.45) is 0 Å². The first-order valence-corrected chi connectivity index (χ1v) is 5.07. The van der Waals surface area contributed by atoms with Gasteiger partial charge in [0.2, 0.25) is 0 Å². The number of hydrogen-bond acceptors (Lipinski definition) is 2. The van der Waals surface area contributed by atoms with Crippen molar-refractivity contribution < 1.29 is 4.74 Å². The van der Waals surface area contributed by atoms with Crippen molar-refractivity contribution in [2.45, 2.75) is 19.3 Å². The standard InChI is InChI=1S/C9H16OS/c1-3-4-5-8-11-9-6-7-10-2/h1H,4-9H2,2H3. The van der Waals surface area contributed by atoms with Gasteiger partial charge in [-0.05, 0) is 24.3 Å². The minimum absolute atomic E-state index is 0.877. The average molecular weight is 172 g/mol. The molecule has 0 unspecified atom stereocenters. The molecule has 0 atom stereocenters. The van der Waals surface area contributed by atoms with Gasteiger partial charge in [0.25, 0.3) is 0 Å². The van der Waals surface area contributed by atoms with Crippen LogP contribution in [0, 0.1) is 12.3 Å². The Labute approximate surface area is 73.9 Å². The number of methoxy groups -OCH3 is 1. The Balaban J connectivity index is 2.75. The largest absolute Gasteiger partial charge is 0.385 e. The van der Waals surface area contributed by atoms with Gasteiger partial charge in [-0.1, -0.05) is 0 Å². The van der Waals surface area contributed by atoms with Crippen molar-refractivity contribution in [2.75, 3.05) is 25.2 Å². The Bertz CT molecular complexity index is 107. The highest BCUT2D eigenvalue weighted by atomic mass is 32.2. The zero-order chi connectivity index (χ0) is 8.36. The van der Waals surface area contributed by atoms with Crippen molar-refractivity contribution >= 4 is 11.8 Å². The molecule has 0 rings (SSSR count). The van der Waals surface area contributed by atoms with Crippen LogP contribution >= 0.6 is 11.8 Å². The molecular formula is C9H16OS. The van der Waals surface area contributed by atoms with Gasteiger partial charge in [0.1, 0.15) is 0 Å². The molecule has 64 valence electrons. The molecule has 0 aliphatic carbocycles.